The second-order valence-electron chi connectivity index (χ2n) is 3.23. The average Bonchev–Trinajstić information content (AvgIpc) is 2.27. The number of pyridine rings is 1. The number of benzene rings is 1. The van der Waals surface area contributed by atoms with Gasteiger partial charge in [-0.15, -0.1) is 0 Å². The summed E-state index contributed by atoms with van der Waals surface area (Å²) in [4.78, 5) is 4.18. The lowest BCUT2D eigenvalue weighted by Gasteiger charge is -2.09. The van der Waals surface area contributed by atoms with Crippen LogP contribution in [0.25, 0.3) is 0 Å². The standard InChI is InChI=1S/C11H6Br2Cl2N2/c12-6-1-2-8(14)10(4-6)17-11-9(15)3-7(13)5-16-11/h1-5H,(H,16,17). The van der Waals surface area contributed by atoms with Crippen molar-refractivity contribution in [3.8, 4) is 0 Å². The van der Waals surface area contributed by atoms with Gasteiger partial charge in [-0.1, -0.05) is 39.1 Å². The fraction of sp³-hybridized carbons (Fsp3) is 0. The molecule has 1 heterocycles. The molecule has 2 aromatic rings. The van der Waals surface area contributed by atoms with Crippen molar-refractivity contribution < 1.29 is 0 Å². The van der Waals surface area contributed by atoms with Gasteiger partial charge >= 0.3 is 0 Å². The summed E-state index contributed by atoms with van der Waals surface area (Å²) in [5.41, 5.74) is 0.748. The Morgan fingerprint density at radius 3 is 2.47 bits per heavy atom. The normalized spacial score (nSPS) is 10.4. The smallest absolute Gasteiger partial charge is 0.149 e. The molecule has 0 radical (unpaired) electrons. The second-order valence-corrected chi connectivity index (χ2v) is 5.88. The second kappa shape index (κ2) is 5.57. The number of halogens is 4. The van der Waals surface area contributed by atoms with Gasteiger partial charge in [-0.3, -0.25) is 0 Å². The molecular weight excluding hydrogens is 391 g/mol. The zero-order valence-electron chi connectivity index (χ0n) is 8.35. The topological polar surface area (TPSA) is 24.9 Å². The molecule has 88 valence electrons. The highest BCUT2D eigenvalue weighted by Crippen LogP contribution is 2.31. The Morgan fingerprint density at radius 1 is 1.00 bits per heavy atom. The summed E-state index contributed by atoms with van der Waals surface area (Å²) < 4.78 is 1.76. The summed E-state index contributed by atoms with van der Waals surface area (Å²) in [6, 6.07) is 7.29. The van der Waals surface area contributed by atoms with Crippen LogP contribution in [0.1, 0.15) is 0 Å². The van der Waals surface area contributed by atoms with Crippen molar-refractivity contribution in [1.29, 1.82) is 0 Å². The van der Waals surface area contributed by atoms with Crippen LogP contribution in [0.15, 0.2) is 39.4 Å². The average molecular weight is 397 g/mol. The van der Waals surface area contributed by atoms with Gasteiger partial charge in [0.25, 0.3) is 0 Å². The third-order valence-corrected chi connectivity index (χ3v) is 3.53. The molecule has 17 heavy (non-hydrogen) atoms. The van der Waals surface area contributed by atoms with Crippen molar-refractivity contribution in [2.75, 3.05) is 5.32 Å². The van der Waals surface area contributed by atoms with Crippen LogP contribution < -0.4 is 5.32 Å². The third kappa shape index (κ3) is 3.35. The summed E-state index contributed by atoms with van der Waals surface area (Å²) in [5.74, 6) is 0.565. The lowest BCUT2D eigenvalue weighted by molar-refractivity contribution is 1.29. The Hall–Kier alpha value is -0.290. The molecule has 1 N–H and O–H groups in total. The third-order valence-electron chi connectivity index (χ3n) is 1.99. The fourth-order valence-electron chi connectivity index (χ4n) is 1.23. The van der Waals surface area contributed by atoms with E-state index in [1.54, 1.807) is 18.3 Å². The van der Waals surface area contributed by atoms with E-state index in [1.165, 1.54) is 0 Å². The van der Waals surface area contributed by atoms with Crippen LogP contribution in [0, 0.1) is 0 Å². The first-order chi connectivity index (χ1) is 8.06. The molecule has 1 aromatic heterocycles. The number of hydrogen-bond acceptors (Lipinski definition) is 2. The Kier molecular flexibility index (Phi) is 4.31. The van der Waals surface area contributed by atoms with Gasteiger partial charge < -0.3 is 5.32 Å². The summed E-state index contributed by atoms with van der Waals surface area (Å²) >= 11 is 18.8. The molecule has 0 atom stereocenters. The minimum atomic E-state index is 0.524. The van der Waals surface area contributed by atoms with E-state index in [4.69, 9.17) is 23.2 Å². The van der Waals surface area contributed by atoms with Gasteiger partial charge in [0.05, 0.1) is 15.7 Å². The van der Waals surface area contributed by atoms with E-state index in [1.807, 2.05) is 12.1 Å². The van der Waals surface area contributed by atoms with Gasteiger partial charge in [-0.2, -0.15) is 0 Å². The van der Waals surface area contributed by atoms with E-state index < -0.39 is 0 Å². The van der Waals surface area contributed by atoms with E-state index >= 15 is 0 Å². The van der Waals surface area contributed by atoms with Gasteiger partial charge in [0, 0.05) is 15.1 Å². The number of aromatic nitrogens is 1. The molecule has 2 rings (SSSR count). The molecule has 0 saturated carbocycles. The van der Waals surface area contributed by atoms with Gasteiger partial charge in [0.2, 0.25) is 0 Å². The minimum absolute atomic E-state index is 0.524. The highest BCUT2D eigenvalue weighted by atomic mass is 79.9. The Balaban J connectivity index is 2.34. The van der Waals surface area contributed by atoms with Crippen LogP contribution in [0.5, 0.6) is 0 Å². The van der Waals surface area contributed by atoms with Gasteiger partial charge in [0.1, 0.15) is 5.82 Å². The predicted molar refractivity (Wildman–Crippen MR) is 79.4 cm³/mol. The zero-order valence-corrected chi connectivity index (χ0v) is 13.0. The number of nitrogens with zero attached hydrogens (tertiary/aromatic N) is 1. The largest absolute Gasteiger partial charge is 0.338 e. The van der Waals surface area contributed by atoms with E-state index in [-0.39, 0.29) is 0 Å². The number of hydrogen-bond donors (Lipinski definition) is 1. The lowest BCUT2D eigenvalue weighted by Crippen LogP contribution is -1.95. The fourth-order valence-corrected chi connectivity index (χ4v) is 2.43. The molecule has 2 nitrogen and oxygen atoms in total. The van der Waals surface area contributed by atoms with Crippen LogP contribution in [-0.2, 0) is 0 Å². The van der Waals surface area contributed by atoms with Gasteiger partial charge in [-0.25, -0.2) is 4.98 Å². The zero-order chi connectivity index (χ0) is 12.4. The van der Waals surface area contributed by atoms with Crippen molar-refractivity contribution in [1.82, 2.24) is 4.98 Å². The molecule has 6 heteroatoms. The first-order valence-corrected chi connectivity index (χ1v) is 6.93. The van der Waals surface area contributed by atoms with Crippen LogP contribution in [0.3, 0.4) is 0 Å². The molecule has 0 aliphatic carbocycles. The molecule has 0 aliphatic heterocycles. The SMILES string of the molecule is Clc1ccc(Br)cc1Nc1ncc(Br)cc1Cl. The maximum absolute atomic E-state index is 6.07. The Bertz CT molecular complexity index is 561. The van der Waals surface area contributed by atoms with Gasteiger partial charge in [0.15, 0.2) is 0 Å². The summed E-state index contributed by atoms with van der Waals surface area (Å²) in [6.07, 6.45) is 1.67. The maximum atomic E-state index is 6.07. The molecular formula is C11H6Br2Cl2N2. The van der Waals surface area contributed by atoms with E-state index in [2.05, 4.69) is 42.2 Å². The van der Waals surface area contributed by atoms with Crippen molar-refractivity contribution in [3.63, 3.8) is 0 Å². The van der Waals surface area contributed by atoms with Crippen LogP contribution in [0.2, 0.25) is 10.0 Å². The summed E-state index contributed by atoms with van der Waals surface area (Å²) in [6.45, 7) is 0. The van der Waals surface area contributed by atoms with Crippen molar-refractivity contribution in [3.05, 3.63) is 49.5 Å². The first-order valence-electron chi connectivity index (χ1n) is 4.59. The molecule has 0 unspecified atom stereocenters. The van der Waals surface area contributed by atoms with E-state index in [0.717, 1.165) is 14.6 Å². The highest BCUT2D eigenvalue weighted by Gasteiger charge is 2.06. The predicted octanol–water partition coefficient (Wildman–Crippen LogP) is 5.66. The Morgan fingerprint density at radius 2 is 1.76 bits per heavy atom. The van der Waals surface area contributed by atoms with E-state index in [9.17, 15) is 0 Å². The van der Waals surface area contributed by atoms with Crippen LogP contribution in [0.4, 0.5) is 11.5 Å². The van der Waals surface area contributed by atoms with Crippen molar-refractivity contribution >= 4 is 66.6 Å². The van der Waals surface area contributed by atoms with Crippen molar-refractivity contribution in [2.45, 2.75) is 0 Å². The molecule has 0 saturated heterocycles. The minimum Gasteiger partial charge on any atom is -0.338 e. The van der Waals surface area contributed by atoms with Gasteiger partial charge in [-0.05, 0) is 40.2 Å². The van der Waals surface area contributed by atoms with E-state index in [0.29, 0.717) is 15.9 Å². The summed E-state index contributed by atoms with van der Waals surface area (Å²) in [5, 5.41) is 4.21. The number of anilines is 2. The molecule has 0 aliphatic rings. The molecule has 0 fully saturated rings. The monoisotopic (exact) mass is 394 g/mol. The molecule has 0 bridgehead atoms. The molecule has 0 spiro atoms. The maximum Gasteiger partial charge on any atom is 0.149 e. The lowest BCUT2D eigenvalue weighted by atomic mass is 10.3. The first kappa shape index (κ1) is 13.1. The van der Waals surface area contributed by atoms with Crippen LogP contribution >= 0.6 is 55.1 Å². The number of rotatable bonds is 2. The quantitative estimate of drug-likeness (QED) is 0.708. The Labute approximate surface area is 126 Å². The molecule has 1 aromatic carbocycles. The highest BCUT2D eigenvalue weighted by molar-refractivity contribution is 9.10. The number of nitrogens with one attached hydrogen (secondary N) is 1. The molecule has 0 amide bonds. The van der Waals surface area contributed by atoms with Crippen molar-refractivity contribution in [2.24, 2.45) is 0 Å². The van der Waals surface area contributed by atoms with Crippen LogP contribution in [-0.4, -0.2) is 4.98 Å². The summed E-state index contributed by atoms with van der Waals surface area (Å²) in [7, 11) is 0.